The number of nitrogens with zero attached hydrogens (tertiary/aromatic N) is 5. The average Bonchev–Trinajstić information content (AvgIpc) is 3.26. The van der Waals surface area contributed by atoms with Gasteiger partial charge in [-0.2, -0.15) is 0 Å². The van der Waals surface area contributed by atoms with E-state index in [9.17, 15) is 0 Å². The zero-order valence-corrected chi connectivity index (χ0v) is 22.0. The van der Waals surface area contributed by atoms with E-state index in [4.69, 9.17) is 4.74 Å². The number of nitrogens with one attached hydrogen (secondary N) is 1. The molecule has 0 aliphatic heterocycles. The minimum absolute atomic E-state index is 0.545. The first-order valence-electron chi connectivity index (χ1n) is 9.68. The van der Waals surface area contributed by atoms with Crippen molar-refractivity contribution < 1.29 is 4.74 Å². The molecule has 4 heterocycles. The SMILES string of the molecule is Cc1nc2[nH]ccc2nc1Br.Cc1nc2c(ccn2COCC[Si](C)(C)C)nc1Br. The highest BCUT2D eigenvalue weighted by Gasteiger charge is 2.12. The van der Waals surface area contributed by atoms with Crippen molar-refractivity contribution in [2.45, 2.75) is 46.3 Å². The van der Waals surface area contributed by atoms with Crippen LogP contribution in [0.1, 0.15) is 11.4 Å². The van der Waals surface area contributed by atoms with Crippen LogP contribution < -0.4 is 0 Å². The molecule has 0 bridgehead atoms. The van der Waals surface area contributed by atoms with E-state index >= 15 is 0 Å². The molecule has 0 saturated carbocycles. The molecule has 160 valence electrons. The monoisotopic (exact) mass is 552 g/mol. The Labute approximate surface area is 194 Å². The molecule has 0 saturated heterocycles. The number of ether oxygens (including phenoxy) is 1. The fourth-order valence-electron chi connectivity index (χ4n) is 2.63. The van der Waals surface area contributed by atoms with Gasteiger partial charge in [0.25, 0.3) is 0 Å². The van der Waals surface area contributed by atoms with Gasteiger partial charge in [-0.05, 0) is 63.9 Å². The molecular weight excluding hydrogens is 528 g/mol. The molecule has 0 unspecified atom stereocenters. The van der Waals surface area contributed by atoms with Crippen LogP contribution in [-0.2, 0) is 11.5 Å². The predicted molar refractivity (Wildman–Crippen MR) is 130 cm³/mol. The first kappa shape index (κ1) is 23.0. The van der Waals surface area contributed by atoms with E-state index in [1.807, 2.05) is 42.9 Å². The number of aromatic amines is 1. The Morgan fingerprint density at radius 1 is 0.967 bits per heavy atom. The largest absolute Gasteiger partial charge is 0.361 e. The summed E-state index contributed by atoms with van der Waals surface area (Å²) in [5.74, 6) is 0. The standard InChI is InChI=1S/C13H20BrN3OSi.C7H6BrN3/c1-10-12(14)16-11-5-6-17(13(11)15-10)9-18-7-8-19(2,3)4;1-4-6(8)11-5-2-3-9-7(5)10-4/h5-6H,7-9H2,1-4H3;2-3H,1H3,(H,9,10). The lowest BCUT2D eigenvalue weighted by atomic mass is 10.4. The molecular formula is C20H26Br2N6OSi. The number of aryl methyl sites for hydroxylation is 2. The molecule has 4 aromatic heterocycles. The molecule has 1 N–H and O–H groups in total. The van der Waals surface area contributed by atoms with Crippen LogP contribution in [0.15, 0.2) is 33.7 Å². The Balaban J connectivity index is 0.000000196. The number of rotatable bonds is 5. The molecule has 7 nitrogen and oxygen atoms in total. The summed E-state index contributed by atoms with van der Waals surface area (Å²) in [6.07, 6.45) is 3.81. The second-order valence-electron chi connectivity index (χ2n) is 8.25. The average molecular weight is 554 g/mol. The number of aromatic nitrogens is 6. The number of fused-ring (bicyclic) bond motifs is 2. The van der Waals surface area contributed by atoms with E-state index < -0.39 is 8.07 Å². The van der Waals surface area contributed by atoms with Crippen LogP contribution in [0.5, 0.6) is 0 Å². The van der Waals surface area contributed by atoms with Crippen molar-refractivity contribution in [1.29, 1.82) is 0 Å². The van der Waals surface area contributed by atoms with Crippen molar-refractivity contribution in [3.8, 4) is 0 Å². The summed E-state index contributed by atoms with van der Waals surface area (Å²) in [5.41, 5.74) is 5.31. The zero-order valence-electron chi connectivity index (χ0n) is 17.8. The van der Waals surface area contributed by atoms with Crippen LogP contribution >= 0.6 is 31.9 Å². The first-order valence-corrected chi connectivity index (χ1v) is 15.0. The Bertz CT molecular complexity index is 1120. The lowest BCUT2D eigenvalue weighted by Gasteiger charge is -2.15. The van der Waals surface area contributed by atoms with Gasteiger partial charge in [-0.25, -0.2) is 19.9 Å². The number of H-pyrrole nitrogens is 1. The molecule has 30 heavy (non-hydrogen) atoms. The summed E-state index contributed by atoms with van der Waals surface area (Å²) in [6.45, 7) is 12.3. The van der Waals surface area contributed by atoms with Crippen LogP contribution in [0.2, 0.25) is 25.7 Å². The van der Waals surface area contributed by atoms with E-state index in [0.717, 1.165) is 49.5 Å². The van der Waals surface area contributed by atoms with Gasteiger partial charge >= 0.3 is 0 Å². The Morgan fingerprint density at radius 2 is 1.63 bits per heavy atom. The second-order valence-corrected chi connectivity index (χ2v) is 15.4. The van der Waals surface area contributed by atoms with Crippen molar-refractivity contribution in [2.24, 2.45) is 0 Å². The number of halogens is 2. The zero-order chi connectivity index (χ0) is 21.9. The normalized spacial score (nSPS) is 11.7. The minimum atomic E-state index is -1.02. The maximum absolute atomic E-state index is 5.75. The lowest BCUT2D eigenvalue weighted by molar-refractivity contribution is 0.0898. The summed E-state index contributed by atoms with van der Waals surface area (Å²) < 4.78 is 9.37. The molecule has 0 aliphatic carbocycles. The molecule has 4 rings (SSSR count). The van der Waals surface area contributed by atoms with Crippen LogP contribution in [-0.4, -0.2) is 44.2 Å². The van der Waals surface area contributed by atoms with Crippen molar-refractivity contribution in [3.05, 3.63) is 45.1 Å². The van der Waals surface area contributed by atoms with E-state index in [1.165, 1.54) is 6.04 Å². The first-order chi connectivity index (χ1) is 14.1. The Morgan fingerprint density at radius 3 is 2.33 bits per heavy atom. The molecule has 0 spiro atoms. The highest BCUT2D eigenvalue weighted by Crippen LogP contribution is 2.18. The van der Waals surface area contributed by atoms with E-state index in [1.54, 1.807) is 0 Å². The van der Waals surface area contributed by atoms with Crippen LogP contribution in [0.4, 0.5) is 0 Å². The summed E-state index contributed by atoms with van der Waals surface area (Å²) in [5, 5.41) is 0. The molecule has 0 atom stereocenters. The van der Waals surface area contributed by atoms with Gasteiger partial charge in [0.1, 0.15) is 27.0 Å². The molecule has 0 amide bonds. The Kier molecular flexibility index (Phi) is 7.43. The smallest absolute Gasteiger partial charge is 0.160 e. The quantitative estimate of drug-likeness (QED) is 0.248. The molecule has 0 aromatic carbocycles. The summed E-state index contributed by atoms with van der Waals surface area (Å²) in [4.78, 5) is 20.5. The van der Waals surface area contributed by atoms with Gasteiger partial charge in [-0.1, -0.05) is 19.6 Å². The molecule has 4 aromatic rings. The molecule has 0 radical (unpaired) electrons. The molecule has 0 aliphatic rings. The van der Waals surface area contributed by atoms with Crippen molar-refractivity contribution in [2.75, 3.05) is 6.61 Å². The van der Waals surface area contributed by atoms with Gasteiger partial charge < -0.3 is 14.3 Å². The van der Waals surface area contributed by atoms with E-state index in [-0.39, 0.29) is 0 Å². The van der Waals surface area contributed by atoms with Crippen molar-refractivity contribution in [3.63, 3.8) is 0 Å². The predicted octanol–water partition coefficient (Wildman–Crippen LogP) is 5.84. The Hall–Kier alpha value is -1.62. The van der Waals surface area contributed by atoms with Crippen molar-refractivity contribution >= 4 is 62.3 Å². The third kappa shape index (κ3) is 5.96. The fourth-order valence-corrected chi connectivity index (χ4v) is 3.95. The van der Waals surface area contributed by atoms with Gasteiger partial charge in [0.05, 0.1) is 11.4 Å². The summed E-state index contributed by atoms with van der Waals surface area (Å²) in [7, 11) is -1.02. The van der Waals surface area contributed by atoms with Crippen LogP contribution in [0.3, 0.4) is 0 Å². The van der Waals surface area contributed by atoms with Gasteiger partial charge in [0.2, 0.25) is 0 Å². The third-order valence-corrected chi connectivity index (χ3v) is 7.64. The van der Waals surface area contributed by atoms with E-state index in [2.05, 4.69) is 76.4 Å². The minimum Gasteiger partial charge on any atom is -0.361 e. The number of hydrogen-bond donors (Lipinski definition) is 1. The van der Waals surface area contributed by atoms with E-state index in [0.29, 0.717) is 6.73 Å². The van der Waals surface area contributed by atoms with Gasteiger partial charge in [0.15, 0.2) is 11.3 Å². The third-order valence-electron chi connectivity index (χ3n) is 4.43. The second kappa shape index (κ2) is 9.67. The van der Waals surface area contributed by atoms with Gasteiger partial charge in [0, 0.05) is 27.1 Å². The molecule has 10 heteroatoms. The van der Waals surface area contributed by atoms with Gasteiger partial charge in [-0.3, -0.25) is 0 Å². The van der Waals surface area contributed by atoms with Crippen LogP contribution in [0, 0.1) is 13.8 Å². The maximum Gasteiger partial charge on any atom is 0.160 e. The topological polar surface area (TPSA) is 81.5 Å². The van der Waals surface area contributed by atoms with Crippen LogP contribution in [0.25, 0.3) is 22.3 Å². The highest BCUT2D eigenvalue weighted by atomic mass is 79.9. The highest BCUT2D eigenvalue weighted by molar-refractivity contribution is 9.10. The lowest BCUT2D eigenvalue weighted by Crippen LogP contribution is -2.22. The molecule has 0 fully saturated rings. The van der Waals surface area contributed by atoms with Crippen molar-refractivity contribution in [1.82, 2.24) is 29.5 Å². The number of hydrogen-bond acceptors (Lipinski definition) is 5. The van der Waals surface area contributed by atoms with Gasteiger partial charge in [-0.15, -0.1) is 0 Å². The maximum atomic E-state index is 5.75. The summed E-state index contributed by atoms with van der Waals surface area (Å²) in [6, 6.07) is 5.05. The fraction of sp³-hybridized carbons (Fsp3) is 0.400. The summed E-state index contributed by atoms with van der Waals surface area (Å²) >= 11 is 6.72.